The molecule has 245 valence electrons. The SMILES string of the molecule is CC(C)(C)C(=O)/C=C(\O)C(C)(C)C.Cc1c2c(cc3oc4c(-c5[c-]cc6ccccc6c5)nccc4c13)C(C)(C)CCC2(C)C.[Ir]. The number of ketones is 1. The minimum absolute atomic E-state index is 0. The molecule has 1 aliphatic rings. The van der Waals surface area contributed by atoms with E-state index in [0.717, 1.165) is 27.8 Å². The first-order valence-corrected chi connectivity index (χ1v) is 16.0. The molecular weight excluding hydrogens is 747 g/mol. The summed E-state index contributed by atoms with van der Waals surface area (Å²) in [6.45, 7) is 22.9. The van der Waals surface area contributed by atoms with Gasteiger partial charge in [0, 0.05) is 59.7 Å². The molecule has 0 unspecified atom stereocenters. The Morgan fingerprint density at radius 1 is 0.935 bits per heavy atom. The number of allylic oxidation sites excluding steroid dienone is 2. The summed E-state index contributed by atoms with van der Waals surface area (Å²) in [5.41, 5.74) is 7.49. The minimum atomic E-state index is -0.417. The monoisotopic (exact) mass is 795 g/mol. The Morgan fingerprint density at radius 3 is 2.20 bits per heavy atom. The van der Waals surface area contributed by atoms with Gasteiger partial charge in [-0.2, -0.15) is 0 Å². The Bertz CT molecular complexity index is 1960. The van der Waals surface area contributed by atoms with Gasteiger partial charge in [-0.05, 0) is 59.4 Å². The second-order valence-corrected chi connectivity index (χ2v) is 16.1. The van der Waals surface area contributed by atoms with E-state index in [9.17, 15) is 9.90 Å². The van der Waals surface area contributed by atoms with Crippen LogP contribution in [0.1, 0.15) is 98.8 Å². The molecule has 4 nitrogen and oxygen atoms in total. The molecule has 0 saturated heterocycles. The zero-order chi connectivity index (χ0) is 33.1. The van der Waals surface area contributed by atoms with Crippen LogP contribution in [0.15, 0.2) is 71.0 Å². The summed E-state index contributed by atoms with van der Waals surface area (Å²) < 4.78 is 6.58. The van der Waals surface area contributed by atoms with Crippen molar-refractivity contribution in [3.63, 3.8) is 0 Å². The summed E-state index contributed by atoms with van der Waals surface area (Å²) in [7, 11) is 0. The van der Waals surface area contributed by atoms with Gasteiger partial charge >= 0.3 is 0 Å². The third-order valence-corrected chi connectivity index (χ3v) is 9.42. The van der Waals surface area contributed by atoms with E-state index in [4.69, 9.17) is 9.40 Å². The largest absolute Gasteiger partial charge is 0.512 e. The molecule has 1 aliphatic carbocycles. The van der Waals surface area contributed by atoms with E-state index in [1.165, 1.54) is 51.8 Å². The van der Waals surface area contributed by atoms with Crippen LogP contribution < -0.4 is 0 Å². The van der Waals surface area contributed by atoms with Crippen molar-refractivity contribution in [2.24, 2.45) is 10.8 Å². The minimum Gasteiger partial charge on any atom is -0.512 e. The molecule has 5 heteroatoms. The zero-order valence-corrected chi connectivity index (χ0v) is 31.6. The van der Waals surface area contributed by atoms with Gasteiger partial charge in [0.1, 0.15) is 16.9 Å². The molecule has 0 spiro atoms. The van der Waals surface area contributed by atoms with E-state index < -0.39 is 5.41 Å². The molecule has 0 fully saturated rings. The molecule has 0 saturated carbocycles. The number of nitrogens with zero attached hydrogens (tertiary/aromatic N) is 1. The molecule has 0 aliphatic heterocycles. The van der Waals surface area contributed by atoms with Gasteiger partial charge in [0.25, 0.3) is 0 Å². The molecule has 0 bridgehead atoms. The summed E-state index contributed by atoms with van der Waals surface area (Å²) in [4.78, 5) is 16.2. The Kier molecular flexibility index (Phi) is 9.59. The first-order chi connectivity index (χ1) is 20.8. The number of benzene rings is 3. The third kappa shape index (κ3) is 6.73. The van der Waals surface area contributed by atoms with Gasteiger partial charge in [0.15, 0.2) is 5.78 Å². The molecule has 0 atom stereocenters. The standard InChI is InChI=1S/C30H28NO.C11H20O2.Ir/c1-18-25-22-12-15-31-27(21-11-10-19-8-6-7-9-20(19)16-21)28(22)32-24(25)17-23-26(18)30(4,5)14-13-29(23,2)3;1-10(2,3)8(12)7-9(13)11(4,5)6;/h6-10,12,15-17H,13-14H2,1-5H3;7,12H,1-6H3;/q-1;;/b;8-7-;. The number of fused-ring (bicyclic) bond motifs is 5. The third-order valence-electron chi connectivity index (χ3n) is 9.42. The van der Waals surface area contributed by atoms with Crippen molar-refractivity contribution in [2.45, 2.75) is 99.8 Å². The first kappa shape index (κ1) is 35.6. The topological polar surface area (TPSA) is 63.3 Å². The number of furan rings is 1. The van der Waals surface area contributed by atoms with Crippen molar-refractivity contribution >= 4 is 38.5 Å². The van der Waals surface area contributed by atoms with Crippen LogP contribution in [0.2, 0.25) is 0 Å². The van der Waals surface area contributed by atoms with E-state index in [-0.39, 0.29) is 47.9 Å². The second kappa shape index (κ2) is 12.4. The van der Waals surface area contributed by atoms with Crippen molar-refractivity contribution in [1.82, 2.24) is 4.98 Å². The quantitative estimate of drug-likeness (QED) is 0.110. The summed E-state index contributed by atoms with van der Waals surface area (Å²) >= 11 is 0. The summed E-state index contributed by atoms with van der Waals surface area (Å²) in [5.74, 6) is 0.104. The number of rotatable bonds is 2. The number of carbonyl (C=O) groups excluding carboxylic acids is 1. The Balaban J connectivity index is 0.000000295. The molecule has 1 N–H and O–H groups in total. The van der Waals surface area contributed by atoms with Gasteiger partial charge in [-0.3, -0.25) is 4.79 Å². The van der Waals surface area contributed by atoms with Gasteiger partial charge < -0.3 is 14.5 Å². The maximum atomic E-state index is 11.5. The number of pyridine rings is 1. The van der Waals surface area contributed by atoms with Crippen LogP contribution in [0, 0.1) is 23.8 Å². The van der Waals surface area contributed by atoms with Crippen molar-refractivity contribution in [3.05, 3.63) is 89.3 Å². The van der Waals surface area contributed by atoms with E-state index in [2.05, 4.69) is 83.1 Å². The van der Waals surface area contributed by atoms with Crippen molar-refractivity contribution in [2.75, 3.05) is 0 Å². The van der Waals surface area contributed by atoms with Crippen LogP contribution in [-0.2, 0) is 35.7 Å². The number of hydrogen-bond donors (Lipinski definition) is 1. The molecular formula is C41H48IrNO3-. The molecule has 0 amide bonds. The molecule has 46 heavy (non-hydrogen) atoms. The fourth-order valence-corrected chi connectivity index (χ4v) is 6.36. The molecule has 1 radical (unpaired) electrons. The maximum absolute atomic E-state index is 11.5. The number of aromatic nitrogens is 1. The van der Waals surface area contributed by atoms with Crippen LogP contribution in [0.25, 0.3) is 44.0 Å². The Hall–Kier alpha value is -3.27. The van der Waals surface area contributed by atoms with Crippen LogP contribution in [0.4, 0.5) is 0 Å². The van der Waals surface area contributed by atoms with Crippen LogP contribution >= 0.6 is 0 Å². The van der Waals surface area contributed by atoms with E-state index in [1.54, 1.807) is 0 Å². The average Bonchev–Trinajstić information content (AvgIpc) is 3.34. The Labute approximate surface area is 288 Å². The van der Waals surface area contributed by atoms with Crippen molar-refractivity contribution < 1.29 is 34.4 Å². The molecule has 3 aromatic carbocycles. The normalized spacial score (nSPS) is 16.0. The second-order valence-electron chi connectivity index (χ2n) is 16.1. The first-order valence-electron chi connectivity index (χ1n) is 16.0. The molecule has 5 aromatic rings. The zero-order valence-electron chi connectivity index (χ0n) is 29.2. The van der Waals surface area contributed by atoms with E-state index in [0.29, 0.717) is 0 Å². The maximum Gasteiger partial charge on any atom is 0.164 e. The van der Waals surface area contributed by atoms with Gasteiger partial charge in [0.2, 0.25) is 0 Å². The van der Waals surface area contributed by atoms with Crippen molar-refractivity contribution in [3.8, 4) is 11.3 Å². The van der Waals surface area contributed by atoms with Crippen LogP contribution in [0.3, 0.4) is 0 Å². The fourth-order valence-electron chi connectivity index (χ4n) is 6.36. The molecule has 2 heterocycles. The summed E-state index contributed by atoms with van der Waals surface area (Å²) in [6.07, 6.45) is 5.63. The Morgan fingerprint density at radius 2 is 1.57 bits per heavy atom. The van der Waals surface area contributed by atoms with Crippen LogP contribution in [-0.4, -0.2) is 15.9 Å². The van der Waals surface area contributed by atoms with E-state index >= 15 is 0 Å². The predicted octanol–water partition coefficient (Wildman–Crippen LogP) is 11.3. The molecule has 6 rings (SSSR count). The van der Waals surface area contributed by atoms with Crippen molar-refractivity contribution in [1.29, 1.82) is 0 Å². The van der Waals surface area contributed by atoms with Crippen LogP contribution in [0.5, 0.6) is 0 Å². The fraction of sp³-hybridized carbons (Fsp3) is 0.415. The van der Waals surface area contributed by atoms with E-state index in [1.807, 2.05) is 53.8 Å². The summed E-state index contributed by atoms with van der Waals surface area (Å²) in [6, 6.07) is 20.4. The number of aliphatic hydroxyl groups is 1. The average molecular weight is 795 g/mol. The molecule has 2 aromatic heterocycles. The number of carbonyl (C=O) groups is 1. The van der Waals surface area contributed by atoms with Gasteiger partial charge in [-0.1, -0.05) is 98.9 Å². The smallest absolute Gasteiger partial charge is 0.164 e. The number of aliphatic hydroxyl groups excluding tert-OH is 1. The summed E-state index contributed by atoms with van der Waals surface area (Å²) in [5, 5.41) is 14.3. The number of hydrogen-bond acceptors (Lipinski definition) is 4. The predicted molar refractivity (Wildman–Crippen MR) is 188 cm³/mol. The van der Waals surface area contributed by atoms with Gasteiger partial charge in [-0.25, -0.2) is 0 Å². The van der Waals surface area contributed by atoms with Gasteiger partial charge in [-0.15, -0.1) is 29.1 Å². The number of aryl methyl sites for hydroxylation is 1. The van der Waals surface area contributed by atoms with Gasteiger partial charge in [0.05, 0.1) is 0 Å².